The van der Waals surface area contributed by atoms with Gasteiger partial charge in [0.05, 0.1) is 0 Å². The minimum atomic E-state index is -0.132. The van der Waals surface area contributed by atoms with Gasteiger partial charge in [-0.15, -0.1) is 11.3 Å². The lowest BCUT2D eigenvalue weighted by Gasteiger charge is -2.24. The summed E-state index contributed by atoms with van der Waals surface area (Å²) in [6, 6.07) is 1.70. The maximum absolute atomic E-state index is 12.1. The van der Waals surface area contributed by atoms with Crippen LogP contribution in [0.4, 0.5) is 0 Å². The van der Waals surface area contributed by atoms with Crippen molar-refractivity contribution in [1.82, 2.24) is 4.90 Å². The largest absolute Gasteiger partial charge is 0.409 e. The maximum Gasteiger partial charge on any atom is 0.265 e. The molecule has 7 heteroatoms. The van der Waals surface area contributed by atoms with E-state index in [1.54, 1.807) is 11.9 Å². The highest BCUT2D eigenvalue weighted by Gasteiger charge is 2.21. The summed E-state index contributed by atoms with van der Waals surface area (Å²) in [5, 5.41) is 13.2. The van der Waals surface area contributed by atoms with Crippen molar-refractivity contribution in [3.05, 3.63) is 20.8 Å². The molecule has 3 N–H and O–H groups in total. The number of amides is 1. The summed E-state index contributed by atoms with van der Waals surface area (Å²) in [6.45, 7) is 1.84. The second-order valence-electron chi connectivity index (χ2n) is 3.66. The molecule has 1 rings (SSSR count). The van der Waals surface area contributed by atoms with E-state index in [-0.39, 0.29) is 17.8 Å². The van der Waals surface area contributed by atoms with Crippen molar-refractivity contribution in [3.63, 3.8) is 0 Å². The standard InChI is InChI=1S/C10H14BrN3O2S/c1-6(5-8(12)13-16)14(2)10(15)9-7(11)3-4-17-9/h3-4,6,16H,5H2,1-2H3,(H2,12,13). The summed E-state index contributed by atoms with van der Waals surface area (Å²) in [7, 11) is 1.70. The van der Waals surface area contributed by atoms with Gasteiger partial charge in [-0.1, -0.05) is 5.16 Å². The van der Waals surface area contributed by atoms with Crippen LogP contribution in [-0.2, 0) is 0 Å². The van der Waals surface area contributed by atoms with Gasteiger partial charge >= 0.3 is 0 Å². The van der Waals surface area contributed by atoms with Crippen LogP contribution in [0.15, 0.2) is 21.1 Å². The number of halogens is 1. The first kappa shape index (κ1) is 14.0. The summed E-state index contributed by atoms with van der Waals surface area (Å²) in [4.78, 5) is 14.3. The minimum absolute atomic E-state index is 0.0786. The van der Waals surface area contributed by atoms with E-state index in [1.807, 2.05) is 18.4 Å². The zero-order chi connectivity index (χ0) is 13.0. The molecule has 94 valence electrons. The second-order valence-corrected chi connectivity index (χ2v) is 5.43. The topological polar surface area (TPSA) is 78.9 Å². The average molecular weight is 320 g/mol. The fourth-order valence-corrected chi connectivity index (χ4v) is 2.81. The molecule has 1 aromatic heterocycles. The number of hydrogen-bond acceptors (Lipinski definition) is 4. The van der Waals surface area contributed by atoms with E-state index >= 15 is 0 Å². The zero-order valence-electron chi connectivity index (χ0n) is 9.55. The first-order valence-corrected chi connectivity index (χ1v) is 6.61. The van der Waals surface area contributed by atoms with Gasteiger partial charge in [0, 0.05) is 24.0 Å². The summed E-state index contributed by atoms with van der Waals surface area (Å²) in [5.74, 6) is 0.0347. The summed E-state index contributed by atoms with van der Waals surface area (Å²) >= 11 is 4.70. The molecule has 0 aliphatic carbocycles. The van der Waals surface area contributed by atoms with Crippen LogP contribution in [0, 0.1) is 0 Å². The predicted octanol–water partition coefficient (Wildman–Crippen LogP) is 2.11. The van der Waals surface area contributed by atoms with E-state index < -0.39 is 0 Å². The SMILES string of the molecule is CC(CC(N)=NO)N(C)C(=O)c1sccc1Br. The fraction of sp³-hybridized carbons (Fsp3) is 0.400. The Labute approximate surface area is 112 Å². The molecule has 0 spiro atoms. The Hall–Kier alpha value is -1.08. The van der Waals surface area contributed by atoms with Gasteiger partial charge in [-0.05, 0) is 34.3 Å². The third-order valence-electron chi connectivity index (χ3n) is 2.43. The Morgan fingerprint density at radius 1 is 1.76 bits per heavy atom. The minimum Gasteiger partial charge on any atom is -0.409 e. The molecule has 0 aliphatic rings. The highest BCUT2D eigenvalue weighted by atomic mass is 79.9. The van der Waals surface area contributed by atoms with Gasteiger partial charge in [-0.2, -0.15) is 0 Å². The predicted molar refractivity (Wildman–Crippen MR) is 71.6 cm³/mol. The normalized spacial score (nSPS) is 13.5. The number of rotatable bonds is 4. The van der Waals surface area contributed by atoms with E-state index in [0.29, 0.717) is 11.3 Å². The van der Waals surface area contributed by atoms with Gasteiger partial charge in [0.2, 0.25) is 0 Å². The van der Waals surface area contributed by atoms with Crippen molar-refractivity contribution >= 4 is 39.0 Å². The molecule has 1 heterocycles. The van der Waals surface area contributed by atoms with Gasteiger partial charge in [0.1, 0.15) is 10.7 Å². The molecule has 0 saturated carbocycles. The van der Waals surface area contributed by atoms with Gasteiger partial charge in [-0.3, -0.25) is 4.79 Å². The van der Waals surface area contributed by atoms with Crippen LogP contribution in [0.5, 0.6) is 0 Å². The quantitative estimate of drug-likeness (QED) is 0.386. The van der Waals surface area contributed by atoms with Gasteiger partial charge in [-0.25, -0.2) is 0 Å². The Balaban J connectivity index is 2.73. The van der Waals surface area contributed by atoms with Crippen molar-refractivity contribution in [1.29, 1.82) is 0 Å². The number of thiophene rings is 1. The smallest absolute Gasteiger partial charge is 0.265 e. The van der Waals surface area contributed by atoms with E-state index in [0.717, 1.165) is 4.47 Å². The number of amidine groups is 1. The van der Waals surface area contributed by atoms with E-state index in [2.05, 4.69) is 21.1 Å². The van der Waals surface area contributed by atoms with Crippen LogP contribution in [0.2, 0.25) is 0 Å². The van der Waals surface area contributed by atoms with Crippen molar-refractivity contribution in [2.24, 2.45) is 10.9 Å². The van der Waals surface area contributed by atoms with Gasteiger partial charge in [0.15, 0.2) is 0 Å². The number of carbonyl (C=O) groups excluding carboxylic acids is 1. The number of nitrogens with zero attached hydrogens (tertiary/aromatic N) is 2. The lowest BCUT2D eigenvalue weighted by Crippen LogP contribution is -2.37. The van der Waals surface area contributed by atoms with E-state index in [1.165, 1.54) is 11.3 Å². The van der Waals surface area contributed by atoms with Crippen LogP contribution < -0.4 is 5.73 Å². The molecule has 1 atom stereocenters. The molecule has 1 amide bonds. The Kier molecular flexibility index (Phi) is 4.95. The molecule has 1 unspecified atom stereocenters. The molecule has 0 aromatic carbocycles. The second kappa shape index (κ2) is 6.02. The Bertz CT molecular complexity index is 433. The number of oxime groups is 1. The fourth-order valence-electron chi connectivity index (χ4n) is 1.29. The summed E-state index contributed by atoms with van der Waals surface area (Å²) in [5.41, 5.74) is 5.42. The molecule has 17 heavy (non-hydrogen) atoms. The first-order chi connectivity index (χ1) is 7.97. The van der Waals surface area contributed by atoms with E-state index in [9.17, 15) is 4.79 Å². The lowest BCUT2D eigenvalue weighted by molar-refractivity contribution is 0.0751. The van der Waals surface area contributed by atoms with Crippen molar-refractivity contribution in [2.75, 3.05) is 7.05 Å². The number of hydrogen-bond donors (Lipinski definition) is 2. The summed E-state index contributed by atoms with van der Waals surface area (Å²) in [6.07, 6.45) is 0.335. The molecular weight excluding hydrogens is 306 g/mol. The van der Waals surface area contributed by atoms with Crippen LogP contribution in [0.3, 0.4) is 0 Å². The molecule has 0 fully saturated rings. The molecule has 1 aromatic rings. The lowest BCUT2D eigenvalue weighted by atomic mass is 10.2. The molecule has 0 radical (unpaired) electrons. The molecular formula is C10H14BrN3O2S. The molecule has 0 bridgehead atoms. The maximum atomic E-state index is 12.1. The van der Waals surface area contributed by atoms with Crippen molar-refractivity contribution in [3.8, 4) is 0 Å². The Morgan fingerprint density at radius 2 is 2.41 bits per heavy atom. The van der Waals surface area contributed by atoms with E-state index in [4.69, 9.17) is 10.9 Å². The third kappa shape index (κ3) is 3.44. The first-order valence-electron chi connectivity index (χ1n) is 4.94. The average Bonchev–Trinajstić information content (AvgIpc) is 2.73. The number of carbonyl (C=O) groups is 1. The van der Waals surface area contributed by atoms with Gasteiger partial charge in [0.25, 0.3) is 5.91 Å². The Morgan fingerprint density at radius 3 is 2.88 bits per heavy atom. The van der Waals surface area contributed by atoms with Gasteiger partial charge < -0.3 is 15.8 Å². The number of nitrogens with two attached hydrogens (primary N) is 1. The molecule has 0 aliphatic heterocycles. The monoisotopic (exact) mass is 319 g/mol. The van der Waals surface area contributed by atoms with Crippen LogP contribution in [0.25, 0.3) is 0 Å². The zero-order valence-corrected chi connectivity index (χ0v) is 12.0. The molecule has 0 saturated heterocycles. The highest BCUT2D eigenvalue weighted by molar-refractivity contribution is 9.10. The van der Waals surface area contributed by atoms with Crippen LogP contribution in [0.1, 0.15) is 23.0 Å². The highest BCUT2D eigenvalue weighted by Crippen LogP contribution is 2.24. The van der Waals surface area contributed by atoms with Crippen LogP contribution in [-0.4, -0.2) is 34.9 Å². The van der Waals surface area contributed by atoms with Crippen molar-refractivity contribution < 1.29 is 10.0 Å². The van der Waals surface area contributed by atoms with Crippen molar-refractivity contribution in [2.45, 2.75) is 19.4 Å². The third-order valence-corrected chi connectivity index (χ3v) is 4.25. The van der Waals surface area contributed by atoms with Crippen LogP contribution >= 0.6 is 27.3 Å². The molecule has 5 nitrogen and oxygen atoms in total. The summed E-state index contributed by atoms with van der Waals surface area (Å²) < 4.78 is 0.787.